The van der Waals surface area contributed by atoms with Gasteiger partial charge in [0.15, 0.2) is 0 Å². The Morgan fingerprint density at radius 3 is 2.60 bits per heavy atom. The number of carbonyl (C=O) groups excluding carboxylic acids is 1. The van der Waals surface area contributed by atoms with Gasteiger partial charge in [-0.3, -0.25) is 0 Å². The number of ether oxygens (including phenoxy) is 2. The van der Waals surface area contributed by atoms with Gasteiger partial charge in [0.2, 0.25) is 0 Å². The summed E-state index contributed by atoms with van der Waals surface area (Å²) in [7, 11) is 0. The molecular weight excluding hydrogens is 314 g/mol. The van der Waals surface area contributed by atoms with Crippen LogP contribution in [-0.4, -0.2) is 17.6 Å². The number of hydrogen-bond acceptors (Lipinski definition) is 4. The maximum Gasteiger partial charge on any atom is 0.356 e. The molecule has 0 N–H and O–H groups in total. The molecule has 0 aliphatic heterocycles. The second-order valence-electron chi connectivity index (χ2n) is 5.88. The summed E-state index contributed by atoms with van der Waals surface area (Å²) in [5.41, 5.74) is 1.12. The molecule has 0 aliphatic rings. The van der Waals surface area contributed by atoms with E-state index >= 15 is 0 Å². The summed E-state index contributed by atoms with van der Waals surface area (Å²) in [6.07, 6.45) is 1.85. The predicted octanol–water partition coefficient (Wildman–Crippen LogP) is 5.29. The first-order valence-corrected chi connectivity index (χ1v) is 8.49. The molecule has 0 amide bonds. The highest BCUT2D eigenvalue weighted by atomic mass is 16.5. The summed E-state index contributed by atoms with van der Waals surface area (Å²) >= 11 is 0. The van der Waals surface area contributed by atoms with Gasteiger partial charge in [-0.05, 0) is 49.1 Å². The number of esters is 1. The molecule has 1 heterocycles. The van der Waals surface area contributed by atoms with Gasteiger partial charge in [-0.25, -0.2) is 9.78 Å². The Kier molecular flexibility index (Phi) is 5.29. The molecule has 2 aromatic carbocycles. The number of nitrogens with zero attached hydrogens (tertiary/aromatic N) is 1. The molecule has 0 aliphatic carbocycles. The highest BCUT2D eigenvalue weighted by molar-refractivity contribution is 5.94. The van der Waals surface area contributed by atoms with Crippen molar-refractivity contribution in [1.82, 2.24) is 4.98 Å². The molecule has 25 heavy (non-hydrogen) atoms. The summed E-state index contributed by atoms with van der Waals surface area (Å²) in [6, 6.07) is 17.2. The number of rotatable bonds is 6. The Balaban J connectivity index is 1.85. The van der Waals surface area contributed by atoms with Crippen LogP contribution >= 0.6 is 0 Å². The van der Waals surface area contributed by atoms with Crippen LogP contribution in [0.2, 0.25) is 0 Å². The summed E-state index contributed by atoms with van der Waals surface area (Å²) in [6.45, 7) is 4.37. The van der Waals surface area contributed by atoms with Crippen molar-refractivity contribution in [3.63, 3.8) is 0 Å². The summed E-state index contributed by atoms with van der Waals surface area (Å²) in [5.74, 6) is 1.15. The van der Waals surface area contributed by atoms with Gasteiger partial charge in [-0.1, -0.05) is 37.6 Å². The van der Waals surface area contributed by atoms with Crippen molar-refractivity contribution in [1.29, 1.82) is 0 Å². The van der Waals surface area contributed by atoms with E-state index in [1.54, 1.807) is 6.07 Å². The quantitative estimate of drug-likeness (QED) is 0.453. The fraction of sp³-hybridized carbons (Fsp3) is 0.238. The molecule has 0 bridgehead atoms. The Labute approximate surface area is 147 Å². The second-order valence-corrected chi connectivity index (χ2v) is 5.88. The van der Waals surface area contributed by atoms with E-state index in [4.69, 9.17) is 9.47 Å². The van der Waals surface area contributed by atoms with Crippen molar-refractivity contribution < 1.29 is 14.3 Å². The zero-order valence-corrected chi connectivity index (χ0v) is 14.5. The fourth-order valence-electron chi connectivity index (χ4n) is 2.57. The highest BCUT2D eigenvalue weighted by Crippen LogP contribution is 2.27. The van der Waals surface area contributed by atoms with Gasteiger partial charge in [0.25, 0.3) is 0 Å². The Hall–Kier alpha value is -2.88. The smallest absolute Gasteiger partial charge is 0.356 e. The number of para-hydroxylation sites is 1. The third-order valence-corrected chi connectivity index (χ3v) is 3.91. The monoisotopic (exact) mass is 335 g/mol. The number of pyridine rings is 1. The van der Waals surface area contributed by atoms with Crippen LogP contribution in [0.3, 0.4) is 0 Å². The van der Waals surface area contributed by atoms with Gasteiger partial charge in [0.05, 0.1) is 6.61 Å². The van der Waals surface area contributed by atoms with Crippen LogP contribution in [0.4, 0.5) is 0 Å². The topological polar surface area (TPSA) is 48.4 Å². The first kappa shape index (κ1) is 17.0. The predicted molar refractivity (Wildman–Crippen MR) is 98.2 cm³/mol. The van der Waals surface area contributed by atoms with Crippen LogP contribution in [-0.2, 0) is 4.74 Å². The van der Waals surface area contributed by atoms with Gasteiger partial charge in [-0.15, -0.1) is 0 Å². The molecule has 0 fully saturated rings. The number of benzene rings is 2. The van der Waals surface area contributed by atoms with Crippen molar-refractivity contribution >= 4 is 16.7 Å². The molecule has 0 unspecified atom stereocenters. The molecule has 128 valence electrons. The first-order chi connectivity index (χ1) is 12.2. The van der Waals surface area contributed by atoms with Gasteiger partial charge >= 0.3 is 5.97 Å². The van der Waals surface area contributed by atoms with Crippen LogP contribution in [0.5, 0.6) is 11.5 Å². The van der Waals surface area contributed by atoms with E-state index in [2.05, 4.69) is 11.9 Å². The number of fused-ring (bicyclic) bond motifs is 1. The standard InChI is InChI=1S/C21H21NO3/c1-3-4-12-24-21(23)20-13-16-10-11-18(14-19(16)15(2)22-20)25-17-8-6-5-7-9-17/h5-11,13-14H,3-4,12H2,1-2H3. The van der Waals surface area contributed by atoms with Crippen molar-refractivity contribution in [2.24, 2.45) is 0 Å². The lowest BCUT2D eigenvalue weighted by Crippen LogP contribution is -2.09. The number of aromatic nitrogens is 1. The van der Waals surface area contributed by atoms with Crippen molar-refractivity contribution in [3.05, 3.63) is 66.0 Å². The molecule has 0 radical (unpaired) electrons. The number of carbonyl (C=O) groups is 1. The maximum absolute atomic E-state index is 12.1. The molecular formula is C21H21NO3. The molecule has 0 spiro atoms. The van der Waals surface area contributed by atoms with Crippen LogP contribution in [0.1, 0.15) is 35.9 Å². The third kappa shape index (κ3) is 4.15. The van der Waals surface area contributed by atoms with E-state index in [0.29, 0.717) is 12.3 Å². The van der Waals surface area contributed by atoms with Crippen LogP contribution in [0, 0.1) is 6.92 Å². The Bertz CT molecular complexity index is 875. The van der Waals surface area contributed by atoms with Gasteiger partial charge < -0.3 is 9.47 Å². The van der Waals surface area contributed by atoms with Gasteiger partial charge in [-0.2, -0.15) is 0 Å². The van der Waals surface area contributed by atoms with E-state index < -0.39 is 0 Å². The average Bonchev–Trinajstić information content (AvgIpc) is 2.63. The molecule has 0 saturated heterocycles. The minimum absolute atomic E-state index is 0.345. The van der Waals surface area contributed by atoms with Gasteiger partial charge in [0, 0.05) is 11.1 Å². The number of hydrogen-bond donors (Lipinski definition) is 0. The minimum atomic E-state index is -0.372. The highest BCUT2D eigenvalue weighted by Gasteiger charge is 2.12. The first-order valence-electron chi connectivity index (χ1n) is 8.49. The Morgan fingerprint density at radius 1 is 1.04 bits per heavy atom. The van der Waals surface area contributed by atoms with Crippen LogP contribution in [0.25, 0.3) is 10.8 Å². The average molecular weight is 335 g/mol. The zero-order chi connectivity index (χ0) is 17.6. The molecule has 0 atom stereocenters. The number of unbranched alkanes of at least 4 members (excludes halogenated alkanes) is 1. The van der Waals surface area contributed by atoms with Crippen molar-refractivity contribution in [2.75, 3.05) is 6.61 Å². The minimum Gasteiger partial charge on any atom is -0.461 e. The van der Waals surface area contributed by atoms with Crippen molar-refractivity contribution in [2.45, 2.75) is 26.7 Å². The van der Waals surface area contributed by atoms with Crippen LogP contribution < -0.4 is 4.74 Å². The molecule has 3 aromatic rings. The zero-order valence-electron chi connectivity index (χ0n) is 14.5. The Morgan fingerprint density at radius 2 is 1.84 bits per heavy atom. The summed E-state index contributed by atoms with van der Waals surface area (Å²) in [4.78, 5) is 16.5. The van der Waals surface area contributed by atoms with Crippen molar-refractivity contribution in [3.8, 4) is 11.5 Å². The lowest BCUT2D eigenvalue weighted by atomic mass is 10.1. The van der Waals surface area contributed by atoms with E-state index in [0.717, 1.165) is 40.8 Å². The lowest BCUT2D eigenvalue weighted by molar-refractivity contribution is 0.0493. The normalized spacial score (nSPS) is 10.6. The molecule has 4 heteroatoms. The van der Waals surface area contributed by atoms with E-state index in [1.165, 1.54) is 0 Å². The van der Waals surface area contributed by atoms with E-state index in [1.807, 2.05) is 55.5 Å². The largest absolute Gasteiger partial charge is 0.461 e. The lowest BCUT2D eigenvalue weighted by Gasteiger charge is -2.10. The fourth-order valence-corrected chi connectivity index (χ4v) is 2.57. The molecule has 4 nitrogen and oxygen atoms in total. The van der Waals surface area contributed by atoms with Gasteiger partial charge in [0.1, 0.15) is 17.2 Å². The van der Waals surface area contributed by atoms with E-state index in [-0.39, 0.29) is 5.97 Å². The van der Waals surface area contributed by atoms with E-state index in [9.17, 15) is 4.79 Å². The second kappa shape index (κ2) is 7.79. The number of aryl methyl sites for hydroxylation is 1. The molecule has 1 aromatic heterocycles. The third-order valence-electron chi connectivity index (χ3n) is 3.91. The molecule has 0 saturated carbocycles. The van der Waals surface area contributed by atoms with Crippen LogP contribution in [0.15, 0.2) is 54.6 Å². The summed E-state index contributed by atoms with van der Waals surface area (Å²) < 4.78 is 11.1. The molecule has 3 rings (SSSR count). The maximum atomic E-state index is 12.1. The SMILES string of the molecule is CCCCOC(=O)c1cc2ccc(Oc3ccccc3)cc2c(C)n1. The summed E-state index contributed by atoms with van der Waals surface area (Å²) in [5, 5.41) is 1.90.